The van der Waals surface area contributed by atoms with Gasteiger partial charge in [-0.25, -0.2) is 9.48 Å². The molecule has 0 bridgehead atoms. The van der Waals surface area contributed by atoms with E-state index in [0.29, 0.717) is 12.6 Å². The number of pyridine rings is 1. The lowest BCUT2D eigenvalue weighted by Crippen LogP contribution is -2.25. The molecule has 0 N–H and O–H groups in total. The fraction of sp³-hybridized carbons (Fsp3) is 0.267. The van der Waals surface area contributed by atoms with Gasteiger partial charge in [0.2, 0.25) is 0 Å². The molecule has 3 heterocycles. The first kappa shape index (κ1) is 12.5. The Balaban J connectivity index is 1.78. The molecule has 21 heavy (non-hydrogen) atoms. The Bertz CT molecular complexity index is 800. The van der Waals surface area contributed by atoms with Gasteiger partial charge in [0.25, 0.3) is 0 Å². The molecule has 0 unspecified atom stereocenters. The molecular formula is C15H14N4OS. The molecule has 0 aromatic carbocycles. The Morgan fingerprint density at radius 3 is 2.71 bits per heavy atom. The highest BCUT2D eigenvalue weighted by atomic mass is 32.1. The second-order valence-electron chi connectivity index (χ2n) is 5.20. The van der Waals surface area contributed by atoms with E-state index in [1.807, 2.05) is 34.2 Å². The smallest absolute Gasteiger partial charge is 0.271 e. The van der Waals surface area contributed by atoms with Crippen molar-refractivity contribution in [2.24, 2.45) is 0 Å². The summed E-state index contributed by atoms with van der Waals surface area (Å²) >= 11 is 1.62. The molecule has 6 heteroatoms. The van der Waals surface area contributed by atoms with E-state index in [0.717, 1.165) is 29.1 Å². The maximum atomic E-state index is 12.6. The maximum absolute atomic E-state index is 12.6. The molecule has 0 saturated heterocycles. The number of aromatic nitrogens is 4. The van der Waals surface area contributed by atoms with Crippen molar-refractivity contribution in [3.05, 3.63) is 58.1 Å². The minimum Gasteiger partial charge on any atom is -0.271 e. The Morgan fingerprint density at radius 2 is 2.05 bits per heavy atom. The fourth-order valence-corrected chi connectivity index (χ4v) is 3.13. The second-order valence-corrected chi connectivity index (χ2v) is 6.15. The largest absolute Gasteiger partial charge is 0.346 e. The van der Waals surface area contributed by atoms with Gasteiger partial charge in [0.05, 0.1) is 11.4 Å². The van der Waals surface area contributed by atoms with Crippen molar-refractivity contribution in [1.82, 2.24) is 19.3 Å². The van der Waals surface area contributed by atoms with E-state index in [4.69, 9.17) is 0 Å². The lowest BCUT2D eigenvalue weighted by molar-refractivity contribution is 0.625. The Kier molecular flexibility index (Phi) is 2.96. The minimum atomic E-state index is -0.0160. The Labute approximate surface area is 125 Å². The SMILES string of the molecule is O=c1n(Cc2ccncc2)nc(-c2cccs2)n1C1CC1. The number of thiophene rings is 1. The van der Waals surface area contributed by atoms with E-state index >= 15 is 0 Å². The van der Waals surface area contributed by atoms with Crippen molar-refractivity contribution in [1.29, 1.82) is 0 Å². The van der Waals surface area contributed by atoms with Gasteiger partial charge < -0.3 is 0 Å². The van der Waals surface area contributed by atoms with Crippen LogP contribution in [0.5, 0.6) is 0 Å². The van der Waals surface area contributed by atoms with Gasteiger partial charge in [0.1, 0.15) is 0 Å². The van der Waals surface area contributed by atoms with Crippen LogP contribution in [0.3, 0.4) is 0 Å². The van der Waals surface area contributed by atoms with Crippen LogP contribution in [0.1, 0.15) is 24.4 Å². The van der Waals surface area contributed by atoms with E-state index in [1.165, 1.54) is 0 Å². The number of nitrogens with zero attached hydrogens (tertiary/aromatic N) is 4. The van der Waals surface area contributed by atoms with Crippen molar-refractivity contribution >= 4 is 11.3 Å². The molecule has 4 rings (SSSR count). The van der Waals surface area contributed by atoms with Crippen LogP contribution >= 0.6 is 11.3 Å². The van der Waals surface area contributed by atoms with E-state index < -0.39 is 0 Å². The van der Waals surface area contributed by atoms with Gasteiger partial charge in [-0.15, -0.1) is 16.4 Å². The highest BCUT2D eigenvalue weighted by Gasteiger charge is 2.30. The molecule has 1 aliphatic rings. The average molecular weight is 298 g/mol. The van der Waals surface area contributed by atoms with Gasteiger partial charge >= 0.3 is 5.69 Å². The summed E-state index contributed by atoms with van der Waals surface area (Å²) in [6.45, 7) is 0.486. The van der Waals surface area contributed by atoms with Gasteiger partial charge in [-0.3, -0.25) is 9.55 Å². The molecule has 0 amide bonds. The van der Waals surface area contributed by atoms with E-state index in [9.17, 15) is 4.79 Å². The quantitative estimate of drug-likeness (QED) is 0.744. The van der Waals surface area contributed by atoms with Gasteiger partial charge in [-0.2, -0.15) is 0 Å². The zero-order valence-corrected chi connectivity index (χ0v) is 12.2. The minimum absolute atomic E-state index is 0.0160. The summed E-state index contributed by atoms with van der Waals surface area (Å²) < 4.78 is 3.41. The molecule has 0 atom stereocenters. The van der Waals surface area contributed by atoms with Crippen LogP contribution in [0.25, 0.3) is 10.7 Å². The van der Waals surface area contributed by atoms with Crippen LogP contribution in [0.2, 0.25) is 0 Å². The highest BCUT2D eigenvalue weighted by Crippen LogP contribution is 2.37. The lowest BCUT2D eigenvalue weighted by atomic mass is 10.3. The van der Waals surface area contributed by atoms with Crippen LogP contribution in [0.15, 0.2) is 46.8 Å². The summed E-state index contributed by atoms with van der Waals surface area (Å²) in [6.07, 6.45) is 5.61. The number of hydrogen-bond donors (Lipinski definition) is 0. The van der Waals surface area contributed by atoms with Crippen LogP contribution in [-0.4, -0.2) is 19.3 Å². The highest BCUT2D eigenvalue weighted by molar-refractivity contribution is 7.13. The zero-order valence-electron chi connectivity index (χ0n) is 11.3. The molecule has 0 radical (unpaired) electrons. The molecule has 106 valence electrons. The van der Waals surface area contributed by atoms with Gasteiger partial charge in [-0.1, -0.05) is 6.07 Å². The van der Waals surface area contributed by atoms with Crippen molar-refractivity contribution in [2.75, 3.05) is 0 Å². The van der Waals surface area contributed by atoms with E-state index in [2.05, 4.69) is 10.1 Å². The van der Waals surface area contributed by atoms with Gasteiger partial charge in [-0.05, 0) is 42.0 Å². The summed E-state index contributed by atoms with van der Waals surface area (Å²) in [5, 5.41) is 6.58. The van der Waals surface area contributed by atoms with Crippen LogP contribution in [0, 0.1) is 0 Å². The van der Waals surface area contributed by atoms with Gasteiger partial charge in [0, 0.05) is 18.4 Å². The molecular weight excluding hydrogens is 284 g/mol. The van der Waals surface area contributed by atoms with Gasteiger partial charge in [0.15, 0.2) is 5.82 Å². The van der Waals surface area contributed by atoms with Crippen LogP contribution in [-0.2, 0) is 6.54 Å². The van der Waals surface area contributed by atoms with E-state index in [1.54, 1.807) is 28.4 Å². The monoisotopic (exact) mass is 298 g/mol. The molecule has 3 aromatic rings. The predicted molar refractivity (Wildman–Crippen MR) is 81.4 cm³/mol. The third-order valence-electron chi connectivity index (χ3n) is 3.61. The fourth-order valence-electron chi connectivity index (χ4n) is 2.42. The first-order valence-electron chi connectivity index (χ1n) is 6.95. The summed E-state index contributed by atoms with van der Waals surface area (Å²) in [6, 6.07) is 8.15. The van der Waals surface area contributed by atoms with Crippen molar-refractivity contribution in [3.63, 3.8) is 0 Å². The first-order chi connectivity index (χ1) is 10.3. The standard InChI is InChI=1S/C15H14N4OS/c20-15-18(10-11-5-7-16-8-6-11)17-14(13-2-1-9-21-13)19(15)12-3-4-12/h1-2,5-9,12H,3-4,10H2. The summed E-state index contributed by atoms with van der Waals surface area (Å²) in [4.78, 5) is 17.7. The van der Waals surface area contributed by atoms with E-state index in [-0.39, 0.29) is 5.69 Å². The molecule has 1 saturated carbocycles. The summed E-state index contributed by atoms with van der Waals surface area (Å²) in [5.41, 5.74) is 1.02. The third kappa shape index (κ3) is 2.31. The predicted octanol–water partition coefficient (Wildman–Crippen LogP) is 2.55. The summed E-state index contributed by atoms with van der Waals surface area (Å²) in [5.74, 6) is 0.798. The van der Waals surface area contributed by atoms with Crippen LogP contribution in [0.4, 0.5) is 0 Å². The Morgan fingerprint density at radius 1 is 1.24 bits per heavy atom. The molecule has 0 aliphatic heterocycles. The normalized spacial score (nSPS) is 14.5. The average Bonchev–Trinajstić information content (AvgIpc) is 3.09. The Hall–Kier alpha value is -2.21. The molecule has 0 spiro atoms. The molecule has 5 nitrogen and oxygen atoms in total. The second kappa shape index (κ2) is 4.96. The summed E-state index contributed by atoms with van der Waals surface area (Å²) in [7, 11) is 0. The number of hydrogen-bond acceptors (Lipinski definition) is 4. The molecule has 1 aliphatic carbocycles. The van der Waals surface area contributed by atoms with Crippen molar-refractivity contribution in [2.45, 2.75) is 25.4 Å². The van der Waals surface area contributed by atoms with Crippen molar-refractivity contribution < 1.29 is 0 Å². The zero-order chi connectivity index (χ0) is 14.2. The topological polar surface area (TPSA) is 52.7 Å². The maximum Gasteiger partial charge on any atom is 0.346 e. The molecule has 1 fully saturated rings. The molecule has 3 aromatic heterocycles. The third-order valence-corrected chi connectivity index (χ3v) is 4.47. The number of rotatable bonds is 4. The first-order valence-corrected chi connectivity index (χ1v) is 7.83. The van der Waals surface area contributed by atoms with Crippen molar-refractivity contribution in [3.8, 4) is 10.7 Å². The van der Waals surface area contributed by atoms with Crippen LogP contribution < -0.4 is 5.69 Å². The lowest BCUT2D eigenvalue weighted by Gasteiger charge is -2.00.